The zero-order valence-corrected chi connectivity index (χ0v) is 20.4. The van der Waals surface area contributed by atoms with Crippen molar-refractivity contribution in [3.8, 4) is 5.75 Å². The molecule has 0 radical (unpaired) electrons. The van der Waals surface area contributed by atoms with Gasteiger partial charge in [0.1, 0.15) is 10.8 Å². The molecule has 1 saturated carbocycles. The lowest BCUT2D eigenvalue weighted by Gasteiger charge is -2.56. The van der Waals surface area contributed by atoms with E-state index in [0.717, 1.165) is 54.4 Å². The van der Waals surface area contributed by atoms with E-state index in [1.54, 1.807) is 18.4 Å². The van der Waals surface area contributed by atoms with E-state index in [0.29, 0.717) is 12.5 Å². The van der Waals surface area contributed by atoms with Crippen LogP contribution in [0.4, 0.5) is 0 Å². The fraction of sp³-hybridized carbons (Fsp3) is 0.538. The molecule has 6 rings (SSSR count). The van der Waals surface area contributed by atoms with E-state index in [1.165, 1.54) is 30.2 Å². The summed E-state index contributed by atoms with van der Waals surface area (Å²) in [4.78, 5) is 25.9. The van der Waals surface area contributed by atoms with Gasteiger partial charge in [0.25, 0.3) is 0 Å². The Balaban J connectivity index is 1.38. The smallest absolute Gasteiger partial charge is 0.225 e. The molecule has 3 aromatic rings. The zero-order chi connectivity index (χ0) is 23.3. The fourth-order valence-electron chi connectivity index (χ4n) is 6.49. The maximum Gasteiger partial charge on any atom is 0.225 e. The van der Waals surface area contributed by atoms with Crippen LogP contribution in [-0.4, -0.2) is 64.1 Å². The van der Waals surface area contributed by atoms with Gasteiger partial charge >= 0.3 is 0 Å². The molecule has 8 heteroatoms. The molecule has 34 heavy (non-hydrogen) atoms. The summed E-state index contributed by atoms with van der Waals surface area (Å²) < 4.78 is 5.47. The summed E-state index contributed by atoms with van der Waals surface area (Å²) in [6.45, 7) is 3.00. The Hall–Kier alpha value is -2.42. The molecule has 1 spiro atoms. The molecule has 2 N–H and O–H groups in total. The third-order valence-electron chi connectivity index (χ3n) is 8.09. The predicted octanol–water partition coefficient (Wildman–Crippen LogP) is 3.84. The third-order valence-corrected chi connectivity index (χ3v) is 8.86. The molecule has 1 amide bonds. The SMILES string of the molecule is COc1ccc2c3c([nH]c2c1)[C@@H](CO)N(Cc1nccs1)CC31CN(C(=O)C2CCCCC2)C1. The van der Waals surface area contributed by atoms with Gasteiger partial charge in [-0.15, -0.1) is 11.3 Å². The standard InChI is InChI=1S/C26H32N4O3S/c1-33-18-7-8-19-20(11-18)28-24-21(13-31)29(12-22-27-9-10-34-22)14-26(23(19)24)15-30(16-26)25(32)17-5-3-2-4-6-17/h7-11,17,21,28,31H,2-6,12-16H2,1H3/t21-/m1/s1. The van der Waals surface area contributed by atoms with Crippen molar-refractivity contribution in [2.24, 2.45) is 5.92 Å². The lowest BCUT2D eigenvalue weighted by atomic mass is 9.68. The predicted molar refractivity (Wildman–Crippen MR) is 132 cm³/mol. The van der Waals surface area contributed by atoms with Crippen LogP contribution in [0.1, 0.15) is 54.4 Å². The Bertz CT molecular complexity index is 1180. The van der Waals surface area contributed by atoms with Gasteiger partial charge in [-0.3, -0.25) is 9.69 Å². The number of ether oxygens (including phenoxy) is 1. The average Bonchev–Trinajstić information content (AvgIpc) is 3.49. The second-order valence-corrected chi connectivity index (χ2v) is 11.1. The molecule has 1 aromatic carbocycles. The molecule has 0 bridgehead atoms. The highest BCUT2D eigenvalue weighted by Gasteiger charge is 2.54. The van der Waals surface area contributed by atoms with Crippen LogP contribution in [0, 0.1) is 5.92 Å². The van der Waals surface area contributed by atoms with Crippen LogP contribution < -0.4 is 4.74 Å². The topological polar surface area (TPSA) is 81.7 Å². The number of aromatic nitrogens is 2. The van der Waals surface area contributed by atoms with Crippen molar-refractivity contribution in [3.63, 3.8) is 0 Å². The highest BCUT2D eigenvalue weighted by atomic mass is 32.1. The number of thiazole rings is 1. The number of methoxy groups -OCH3 is 1. The van der Waals surface area contributed by atoms with Crippen molar-refractivity contribution >= 4 is 28.1 Å². The van der Waals surface area contributed by atoms with Gasteiger partial charge in [-0.25, -0.2) is 4.98 Å². The van der Waals surface area contributed by atoms with Gasteiger partial charge < -0.3 is 19.7 Å². The van der Waals surface area contributed by atoms with E-state index < -0.39 is 0 Å². The average molecular weight is 481 g/mol. The minimum atomic E-state index is -0.143. The summed E-state index contributed by atoms with van der Waals surface area (Å²) in [5.74, 6) is 1.34. The second kappa shape index (κ2) is 8.66. The number of H-pyrrole nitrogens is 1. The van der Waals surface area contributed by atoms with Crippen LogP contribution in [-0.2, 0) is 16.8 Å². The van der Waals surface area contributed by atoms with Gasteiger partial charge in [0.05, 0.1) is 26.3 Å². The number of carbonyl (C=O) groups excluding carboxylic acids is 1. The molecule has 3 aliphatic rings. The highest BCUT2D eigenvalue weighted by Crippen LogP contribution is 2.49. The van der Waals surface area contributed by atoms with Gasteiger partial charge in [0, 0.05) is 65.2 Å². The number of fused-ring (bicyclic) bond motifs is 4. The lowest BCUT2D eigenvalue weighted by molar-refractivity contribution is -0.146. The maximum atomic E-state index is 13.3. The molecular weight excluding hydrogens is 448 g/mol. The number of hydrogen-bond acceptors (Lipinski definition) is 6. The number of benzene rings is 1. The number of likely N-dealkylation sites (tertiary alicyclic amines) is 1. The molecule has 1 saturated heterocycles. The first-order valence-corrected chi connectivity index (χ1v) is 13.2. The highest BCUT2D eigenvalue weighted by molar-refractivity contribution is 7.09. The van der Waals surface area contributed by atoms with Gasteiger partial charge in [0.2, 0.25) is 5.91 Å². The first-order chi connectivity index (χ1) is 16.6. The van der Waals surface area contributed by atoms with Crippen LogP contribution in [0.15, 0.2) is 29.8 Å². The van der Waals surface area contributed by atoms with Crippen molar-refractivity contribution in [1.29, 1.82) is 0 Å². The molecule has 180 valence electrons. The number of carbonyl (C=O) groups is 1. The van der Waals surface area contributed by atoms with Crippen LogP contribution in [0.2, 0.25) is 0 Å². The minimum absolute atomic E-state index is 0.0309. The van der Waals surface area contributed by atoms with Crippen molar-refractivity contribution in [3.05, 3.63) is 46.0 Å². The van der Waals surface area contributed by atoms with E-state index >= 15 is 0 Å². The largest absolute Gasteiger partial charge is 0.497 e. The van der Waals surface area contributed by atoms with Crippen molar-refractivity contribution in [1.82, 2.24) is 19.8 Å². The van der Waals surface area contributed by atoms with Gasteiger partial charge in [-0.1, -0.05) is 19.3 Å². The van der Waals surface area contributed by atoms with Crippen LogP contribution in [0.25, 0.3) is 10.9 Å². The fourth-order valence-corrected chi connectivity index (χ4v) is 7.13. The Kier molecular flexibility index (Phi) is 5.62. The summed E-state index contributed by atoms with van der Waals surface area (Å²) >= 11 is 1.64. The second-order valence-electron chi connectivity index (χ2n) is 10.2. The minimum Gasteiger partial charge on any atom is -0.497 e. The number of hydrogen-bond donors (Lipinski definition) is 2. The molecule has 2 aromatic heterocycles. The molecule has 7 nitrogen and oxygen atoms in total. The Morgan fingerprint density at radius 2 is 2.09 bits per heavy atom. The first kappa shape index (κ1) is 22.1. The molecule has 1 atom stereocenters. The molecule has 4 heterocycles. The monoisotopic (exact) mass is 480 g/mol. The number of aliphatic hydroxyl groups is 1. The molecule has 2 fully saturated rings. The summed E-state index contributed by atoms with van der Waals surface area (Å²) in [5, 5.41) is 14.7. The Labute approximate surface area is 203 Å². The number of rotatable bonds is 5. The van der Waals surface area contributed by atoms with E-state index in [-0.39, 0.29) is 24.0 Å². The van der Waals surface area contributed by atoms with E-state index in [4.69, 9.17) is 4.74 Å². The summed E-state index contributed by atoms with van der Waals surface area (Å²) in [7, 11) is 1.68. The van der Waals surface area contributed by atoms with Crippen LogP contribution in [0.5, 0.6) is 5.75 Å². The maximum absolute atomic E-state index is 13.3. The van der Waals surface area contributed by atoms with Crippen molar-refractivity contribution < 1.29 is 14.6 Å². The number of amides is 1. The Morgan fingerprint density at radius 1 is 1.26 bits per heavy atom. The molecule has 1 aliphatic carbocycles. The quantitative estimate of drug-likeness (QED) is 0.580. The number of nitrogens with one attached hydrogen (secondary N) is 1. The zero-order valence-electron chi connectivity index (χ0n) is 19.6. The van der Waals surface area contributed by atoms with Crippen molar-refractivity contribution in [2.45, 2.75) is 50.1 Å². The summed E-state index contributed by atoms with van der Waals surface area (Å²) in [6, 6.07) is 6.03. The summed E-state index contributed by atoms with van der Waals surface area (Å²) in [6.07, 6.45) is 7.49. The van der Waals surface area contributed by atoms with E-state index in [1.807, 2.05) is 23.7 Å². The Morgan fingerprint density at radius 3 is 2.79 bits per heavy atom. The number of aromatic amines is 1. The lowest BCUT2D eigenvalue weighted by Crippen LogP contribution is -2.68. The van der Waals surface area contributed by atoms with Gasteiger partial charge in [-0.2, -0.15) is 0 Å². The van der Waals surface area contributed by atoms with Crippen molar-refractivity contribution in [2.75, 3.05) is 33.4 Å². The van der Waals surface area contributed by atoms with E-state index in [9.17, 15) is 9.90 Å². The summed E-state index contributed by atoms with van der Waals surface area (Å²) in [5.41, 5.74) is 3.22. The van der Waals surface area contributed by atoms with Crippen LogP contribution in [0.3, 0.4) is 0 Å². The molecule has 0 unspecified atom stereocenters. The normalized spacial score (nSPS) is 22.6. The number of nitrogens with zero attached hydrogens (tertiary/aromatic N) is 3. The third kappa shape index (κ3) is 3.54. The number of aliphatic hydroxyl groups excluding tert-OH is 1. The van der Waals surface area contributed by atoms with Gasteiger partial charge in [-0.05, 0) is 30.5 Å². The van der Waals surface area contributed by atoms with Crippen LogP contribution >= 0.6 is 11.3 Å². The first-order valence-electron chi connectivity index (χ1n) is 12.3. The molecule has 2 aliphatic heterocycles. The van der Waals surface area contributed by atoms with Gasteiger partial charge in [0.15, 0.2) is 0 Å². The molecular formula is C26H32N4O3S. The van der Waals surface area contributed by atoms with E-state index in [2.05, 4.69) is 25.8 Å².